The number of likely N-dealkylation sites (N-methyl/N-ethyl adjacent to an activating group) is 1. The van der Waals surface area contributed by atoms with Gasteiger partial charge in [-0.3, -0.25) is 5.10 Å². The molecule has 0 bridgehead atoms. The second-order valence-corrected chi connectivity index (χ2v) is 4.45. The minimum atomic E-state index is 0.967. The van der Waals surface area contributed by atoms with Gasteiger partial charge in [0.15, 0.2) is 0 Å². The van der Waals surface area contributed by atoms with E-state index in [9.17, 15) is 0 Å². The molecule has 3 nitrogen and oxygen atoms in total. The Labute approximate surface area is 102 Å². The van der Waals surface area contributed by atoms with Gasteiger partial charge in [0.1, 0.15) is 0 Å². The standard InChI is InChI=1S/C14H19N3/c1-10-4-5-11(2)13(8-10)14-9-12(16-17-14)6-7-15-3/h4-5,8-9,15H,6-7H2,1-3H3,(H,16,17). The molecule has 0 aliphatic rings. The molecule has 1 heterocycles. The number of rotatable bonds is 4. The first-order valence-corrected chi connectivity index (χ1v) is 5.97. The van der Waals surface area contributed by atoms with Crippen molar-refractivity contribution in [3.63, 3.8) is 0 Å². The van der Waals surface area contributed by atoms with Gasteiger partial charge in [-0.05, 0) is 38.6 Å². The maximum absolute atomic E-state index is 4.39. The summed E-state index contributed by atoms with van der Waals surface area (Å²) in [6.45, 7) is 5.20. The van der Waals surface area contributed by atoms with Crippen molar-refractivity contribution in [2.75, 3.05) is 13.6 Å². The van der Waals surface area contributed by atoms with Gasteiger partial charge in [0.2, 0.25) is 0 Å². The van der Waals surface area contributed by atoms with Gasteiger partial charge in [0.05, 0.1) is 5.69 Å². The summed E-state index contributed by atoms with van der Waals surface area (Å²) in [6.07, 6.45) is 0.981. The number of aromatic amines is 1. The van der Waals surface area contributed by atoms with E-state index in [-0.39, 0.29) is 0 Å². The monoisotopic (exact) mass is 229 g/mol. The quantitative estimate of drug-likeness (QED) is 0.845. The van der Waals surface area contributed by atoms with E-state index in [1.165, 1.54) is 22.4 Å². The second-order valence-electron chi connectivity index (χ2n) is 4.45. The average molecular weight is 229 g/mol. The van der Waals surface area contributed by atoms with Gasteiger partial charge in [0.25, 0.3) is 0 Å². The van der Waals surface area contributed by atoms with Crippen molar-refractivity contribution in [2.24, 2.45) is 0 Å². The first kappa shape index (κ1) is 11.9. The summed E-state index contributed by atoms with van der Waals surface area (Å²) in [6, 6.07) is 8.60. The molecule has 0 aliphatic heterocycles. The van der Waals surface area contributed by atoms with E-state index in [0.717, 1.165) is 18.7 Å². The molecule has 0 saturated carbocycles. The van der Waals surface area contributed by atoms with E-state index >= 15 is 0 Å². The zero-order valence-electron chi connectivity index (χ0n) is 10.7. The number of hydrogen-bond acceptors (Lipinski definition) is 2. The predicted molar refractivity (Wildman–Crippen MR) is 71.1 cm³/mol. The molecule has 0 unspecified atom stereocenters. The van der Waals surface area contributed by atoms with Gasteiger partial charge in [-0.25, -0.2) is 0 Å². The van der Waals surface area contributed by atoms with E-state index < -0.39 is 0 Å². The minimum absolute atomic E-state index is 0.967. The number of hydrogen-bond donors (Lipinski definition) is 2. The van der Waals surface area contributed by atoms with Crippen LogP contribution in [0, 0.1) is 13.8 Å². The van der Waals surface area contributed by atoms with Crippen LogP contribution in [0.4, 0.5) is 0 Å². The van der Waals surface area contributed by atoms with Crippen LogP contribution >= 0.6 is 0 Å². The molecule has 2 N–H and O–H groups in total. The highest BCUT2D eigenvalue weighted by Crippen LogP contribution is 2.23. The Morgan fingerprint density at radius 3 is 2.82 bits per heavy atom. The van der Waals surface area contributed by atoms with Crippen molar-refractivity contribution in [2.45, 2.75) is 20.3 Å². The zero-order chi connectivity index (χ0) is 12.3. The van der Waals surface area contributed by atoms with Gasteiger partial charge in [-0.2, -0.15) is 5.10 Å². The van der Waals surface area contributed by atoms with Crippen LogP contribution in [0.15, 0.2) is 24.3 Å². The molecular weight excluding hydrogens is 210 g/mol. The van der Waals surface area contributed by atoms with Gasteiger partial charge in [-0.1, -0.05) is 17.7 Å². The van der Waals surface area contributed by atoms with Crippen molar-refractivity contribution < 1.29 is 0 Å². The summed E-state index contributed by atoms with van der Waals surface area (Å²) in [5.74, 6) is 0. The number of nitrogens with one attached hydrogen (secondary N) is 2. The molecule has 0 fully saturated rings. The van der Waals surface area contributed by atoms with E-state index in [1.54, 1.807) is 0 Å². The first-order valence-electron chi connectivity index (χ1n) is 5.97. The third-order valence-corrected chi connectivity index (χ3v) is 2.94. The van der Waals surface area contributed by atoms with Crippen molar-refractivity contribution in [3.05, 3.63) is 41.1 Å². The fraction of sp³-hybridized carbons (Fsp3) is 0.357. The Balaban J connectivity index is 2.27. The highest BCUT2D eigenvalue weighted by Gasteiger charge is 2.06. The van der Waals surface area contributed by atoms with Crippen molar-refractivity contribution in [1.29, 1.82) is 0 Å². The van der Waals surface area contributed by atoms with Crippen LogP contribution < -0.4 is 5.32 Å². The van der Waals surface area contributed by atoms with Crippen LogP contribution in [-0.4, -0.2) is 23.8 Å². The minimum Gasteiger partial charge on any atom is -0.319 e. The van der Waals surface area contributed by atoms with E-state index in [4.69, 9.17) is 0 Å². The molecular formula is C14H19N3. The molecule has 0 amide bonds. The fourth-order valence-electron chi connectivity index (χ4n) is 1.90. The molecule has 3 heteroatoms. The molecule has 2 rings (SSSR count). The summed E-state index contributed by atoms with van der Waals surface area (Å²) < 4.78 is 0. The predicted octanol–water partition coefficient (Wildman–Crippen LogP) is 2.46. The molecule has 0 aliphatic carbocycles. The number of H-pyrrole nitrogens is 1. The van der Waals surface area contributed by atoms with Crippen molar-refractivity contribution in [1.82, 2.24) is 15.5 Å². The van der Waals surface area contributed by atoms with E-state index in [0.29, 0.717) is 0 Å². The highest BCUT2D eigenvalue weighted by molar-refractivity contribution is 5.64. The Morgan fingerprint density at radius 1 is 1.24 bits per heavy atom. The summed E-state index contributed by atoms with van der Waals surface area (Å²) in [5.41, 5.74) is 5.97. The maximum atomic E-state index is 4.39. The molecule has 90 valence electrons. The Kier molecular flexibility index (Phi) is 3.59. The fourth-order valence-corrected chi connectivity index (χ4v) is 1.90. The lowest BCUT2D eigenvalue weighted by molar-refractivity contribution is 0.772. The van der Waals surface area contributed by atoms with Crippen LogP contribution in [0.1, 0.15) is 16.8 Å². The number of aryl methyl sites for hydroxylation is 2. The van der Waals surface area contributed by atoms with E-state index in [2.05, 4.69) is 53.6 Å². The summed E-state index contributed by atoms with van der Waals surface area (Å²) in [4.78, 5) is 0. The Bertz CT molecular complexity index is 500. The van der Waals surface area contributed by atoms with Gasteiger partial charge >= 0.3 is 0 Å². The molecule has 1 aromatic carbocycles. The lowest BCUT2D eigenvalue weighted by Gasteiger charge is -2.03. The molecule has 2 aromatic rings. The Morgan fingerprint density at radius 2 is 2.06 bits per heavy atom. The van der Waals surface area contributed by atoms with Gasteiger partial charge in [-0.15, -0.1) is 0 Å². The molecule has 1 aromatic heterocycles. The average Bonchev–Trinajstić information content (AvgIpc) is 2.78. The normalized spacial score (nSPS) is 10.8. The number of aromatic nitrogens is 2. The number of benzene rings is 1. The first-order chi connectivity index (χ1) is 8.20. The third kappa shape index (κ3) is 2.74. The SMILES string of the molecule is CNCCc1cc(-c2cc(C)ccc2C)n[nH]1. The van der Waals surface area contributed by atoms with Crippen LogP contribution in [0.3, 0.4) is 0 Å². The molecule has 0 radical (unpaired) electrons. The van der Waals surface area contributed by atoms with Crippen molar-refractivity contribution in [3.8, 4) is 11.3 Å². The summed E-state index contributed by atoms with van der Waals surface area (Å²) in [7, 11) is 1.96. The van der Waals surface area contributed by atoms with Crippen LogP contribution in [-0.2, 0) is 6.42 Å². The zero-order valence-corrected chi connectivity index (χ0v) is 10.7. The van der Waals surface area contributed by atoms with Crippen LogP contribution in [0.25, 0.3) is 11.3 Å². The summed E-state index contributed by atoms with van der Waals surface area (Å²) in [5, 5.41) is 10.6. The van der Waals surface area contributed by atoms with Crippen LogP contribution in [0.2, 0.25) is 0 Å². The molecule has 0 saturated heterocycles. The van der Waals surface area contributed by atoms with Gasteiger partial charge < -0.3 is 5.32 Å². The maximum Gasteiger partial charge on any atom is 0.0926 e. The third-order valence-electron chi connectivity index (χ3n) is 2.94. The second kappa shape index (κ2) is 5.15. The smallest absolute Gasteiger partial charge is 0.0926 e. The number of nitrogens with zero attached hydrogens (tertiary/aromatic N) is 1. The topological polar surface area (TPSA) is 40.7 Å². The lowest BCUT2D eigenvalue weighted by Crippen LogP contribution is -2.10. The van der Waals surface area contributed by atoms with Crippen molar-refractivity contribution >= 4 is 0 Å². The molecule has 0 atom stereocenters. The van der Waals surface area contributed by atoms with Crippen LogP contribution in [0.5, 0.6) is 0 Å². The lowest BCUT2D eigenvalue weighted by atomic mass is 10.0. The molecule has 0 spiro atoms. The summed E-state index contributed by atoms with van der Waals surface area (Å²) >= 11 is 0. The van der Waals surface area contributed by atoms with Gasteiger partial charge in [0, 0.05) is 24.2 Å². The largest absolute Gasteiger partial charge is 0.319 e. The Hall–Kier alpha value is -1.61. The van der Waals surface area contributed by atoms with E-state index in [1.807, 2.05) is 7.05 Å². The molecule has 17 heavy (non-hydrogen) atoms. The highest BCUT2D eigenvalue weighted by atomic mass is 15.1.